The molecular formula is C62H74N6O12. The van der Waals surface area contributed by atoms with Gasteiger partial charge in [-0.15, -0.1) is 0 Å². The zero-order valence-electron chi connectivity index (χ0n) is 46.7. The van der Waals surface area contributed by atoms with E-state index in [1.807, 2.05) is 36.4 Å². The lowest BCUT2D eigenvalue weighted by Gasteiger charge is -2.26. The van der Waals surface area contributed by atoms with Crippen LogP contribution >= 0.6 is 0 Å². The van der Waals surface area contributed by atoms with E-state index < -0.39 is 65.6 Å². The molecule has 0 bridgehead atoms. The molecule has 2 aliphatic rings. The molecule has 0 spiro atoms. The van der Waals surface area contributed by atoms with Gasteiger partial charge in [0.15, 0.2) is 5.78 Å². The highest BCUT2D eigenvalue weighted by molar-refractivity contribution is 5.99. The molecular weight excluding hydrogens is 1020 g/mol. The minimum atomic E-state index is -1.10. The van der Waals surface area contributed by atoms with Gasteiger partial charge in [-0.2, -0.15) is 0 Å². The Labute approximate surface area is 469 Å². The smallest absolute Gasteiger partial charge is 0.407 e. The van der Waals surface area contributed by atoms with Crippen molar-refractivity contribution in [2.45, 2.75) is 77.9 Å². The highest BCUT2D eigenvalue weighted by atomic mass is 16.6. The van der Waals surface area contributed by atoms with Crippen LogP contribution in [0.25, 0.3) is 12.2 Å². The number of hydrogen-bond acceptors (Lipinski definition) is 14. The molecule has 0 radical (unpaired) electrons. The first-order chi connectivity index (χ1) is 38.2. The Bertz CT molecular complexity index is 2660. The van der Waals surface area contributed by atoms with Gasteiger partial charge in [0.25, 0.3) is 11.8 Å². The summed E-state index contributed by atoms with van der Waals surface area (Å²) in [4.78, 5) is 78.2. The quantitative estimate of drug-likeness (QED) is 0.0455. The average Bonchev–Trinajstić information content (AvgIpc) is 3.45. The first-order valence-corrected chi connectivity index (χ1v) is 26.4. The molecule has 4 aromatic rings. The number of ether oxygens (including phenoxy) is 5. The number of carbonyl (C=O) groups is 6. The summed E-state index contributed by atoms with van der Waals surface area (Å²) in [7, 11) is 1.21. The van der Waals surface area contributed by atoms with Crippen molar-refractivity contribution < 1.29 is 57.6 Å². The fourth-order valence-electron chi connectivity index (χ4n) is 7.61. The van der Waals surface area contributed by atoms with Gasteiger partial charge in [-0.25, -0.2) is 14.4 Å². The number of benzene rings is 4. The predicted molar refractivity (Wildman–Crippen MR) is 305 cm³/mol. The number of methoxy groups -OCH3 is 1. The molecule has 18 heteroatoms. The third-order valence-electron chi connectivity index (χ3n) is 11.8. The first kappa shape index (κ1) is 62.7. The van der Waals surface area contributed by atoms with Crippen molar-refractivity contribution in [3.8, 4) is 23.7 Å². The maximum atomic E-state index is 12.7. The van der Waals surface area contributed by atoms with Crippen LogP contribution < -0.4 is 21.3 Å². The Morgan fingerprint density at radius 1 is 0.575 bits per heavy atom. The Morgan fingerprint density at radius 3 is 1.31 bits per heavy atom. The average molecular weight is 1100 g/mol. The van der Waals surface area contributed by atoms with Gasteiger partial charge in [-0.3, -0.25) is 24.2 Å². The molecule has 4 amide bonds. The zero-order chi connectivity index (χ0) is 57.9. The van der Waals surface area contributed by atoms with Crippen molar-refractivity contribution in [2.75, 3.05) is 79.4 Å². The van der Waals surface area contributed by atoms with Gasteiger partial charge in [-0.05, 0) is 137 Å². The van der Waals surface area contributed by atoms with Gasteiger partial charge in [0.2, 0.25) is 0 Å². The molecule has 4 aromatic carbocycles. The molecule has 80 heavy (non-hydrogen) atoms. The van der Waals surface area contributed by atoms with Gasteiger partial charge >= 0.3 is 18.2 Å². The molecule has 2 saturated heterocycles. The van der Waals surface area contributed by atoms with Crippen LogP contribution in [0.15, 0.2) is 109 Å². The van der Waals surface area contributed by atoms with Crippen molar-refractivity contribution in [3.63, 3.8) is 0 Å². The number of allylic oxidation sites excluding steroid dienone is 2. The van der Waals surface area contributed by atoms with E-state index in [1.165, 1.54) is 18.2 Å². The minimum Gasteiger partial charge on any atom is -0.467 e. The summed E-state index contributed by atoms with van der Waals surface area (Å²) in [5, 5.41) is 19.3. The van der Waals surface area contributed by atoms with E-state index in [0.29, 0.717) is 11.1 Å². The van der Waals surface area contributed by atoms with Crippen molar-refractivity contribution in [1.82, 2.24) is 31.1 Å². The molecule has 2 fully saturated rings. The fourth-order valence-corrected chi connectivity index (χ4v) is 7.61. The van der Waals surface area contributed by atoms with Crippen molar-refractivity contribution in [1.29, 1.82) is 0 Å². The van der Waals surface area contributed by atoms with Gasteiger partial charge < -0.3 is 50.1 Å². The van der Waals surface area contributed by atoms with Gasteiger partial charge in [0, 0.05) is 68.1 Å². The number of alkyl carbamates (subject to hydrolysis) is 2. The summed E-state index contributed by atoms with van der Waals surface area (Å²) >= 11 is 0. The van der Waals surface area contributed by atoms with Crippen LogP contribution in [-0.4, -0.2) is 153 Å². The summed E-state index contributed by atoms with van der Waals surface area (Å²) in [5.41, 5.74) is 5.36. The molecule has 6 rings (SSSR count). The lowest BCUT2D eigenvalue weighted by molar-refractivity contribution is -0.142. The van der Waals surface area contributed by atoms with Crippen molar-refractivity contribution >= 4 is 47.9 Å². The van der Waals surface area contributed by atoms with Crippen LogP contribution in [0, 0.1) is 23.7 Å². The number of ketones is 1. The Kier molecular flexibility index (Phi) is 25.2. The largest absolute Gasteiger partial charge is 0.467 e. The SMILES string of the molecule is CC(C)(C)OC(=O)NC[C@H](NC(=O)c1ccc(C=CC#Cc2ccc(CN3CCOCC3)cc2)cc1)C(=O)CO.COC(=O)[C@H](CNC(=O)OC(C)(C)C)NC(=O)c1ccc(C=CC#Cc2ccc(CN3CCOCC3)cc2)cc1. The van der Waals surface area contributed by atoms with E-state index in [-0.39, 0.29) is 13.1 Å². The van der Waals surface area contributed by atoms with Crippen LogP contribution in [0.1, 0.15) is 95.6 Å². The number of esters is 1. The molecule has 424 valence electrons. The number of amides is 4. The number of Topliss-reactive ketones (excluding diaryl/α,β-unsaturated/α-hetero) is 1. The van der Waals surface area contributed by atoms with E-state index in [0.717, 1.165) is 87.9 Å². The highest BCUT2D eigenvalue weighted by Crippen LogP contribution is 2.13. The van der Waals surface area contributed by atoms with E-state index in [4.69, 9.17) is 23.7 Å². The van der Waals surface area contributed by atoms with Gasteiger partial charge in [0.05, 0.1) is 40.1 Å². The number of nitrogens with zero attached hydrogens (tertiary/aromatic N) is 2. The number of morpholine rings is 2. The first-order valence-electron chi connectivity index (χ1n) is 26.4. The number of aliphatic hydroxyl groups is 1. The van der Waals surface area contributed by atoms with E-state index in [1.54, 1.807) is 102 Å². The summed E-state index contributed by atoms with van der Waals surface area (Å²) in [6.07, 6.45) is 5.77. The monoisotopic (exact) mass is 1090 g/mol. The standard InChI is InChI=1S/2C31H37N3O6/c1-31(2,3)40-30(37)32-21-27(29(36)38-4)33-28(35)26-15-13-24(14-16-26)8-6-5-7-23-9-11-25(12-10-23)22-34-17-19-39-20-18-34;1-31(2,3)40-30(38)32-20-27(28(36)22-35)33-29(37)26-14-12-24(13-15-26)7-5-4-6-23-8-10-25(11-9-23)21-34-16-18-39-19-17-34/h6,8-16,27H,17-22H2,1-4H3,(H,32,37)(H,33,35);5,7-15,27,35H,16-22H2,1-3H3,(H,32,38)(H,33,37)/t2*27-/m00/s1. The maximum Gasteiger partial charge on any atom is 0.407 e. The summed E-state index contributed by atoms with van der Waals surface area (Å²) < 4.78 is 25.8. The summed E-state index contributed by atoms with van der Waals surface area (Å²) in [5.74, 6) is 10.0. The van der Waals surface area contributed by atoms with Crippen LogP contribution in [0.3, 0.4) is 0 Å². The molecule has 0 aromatic heterocycles. The summed E-state index contributed by atoms with van der Waals surface area (Å²) in [6.45, 7) is 17.9. The van der Waals surface area contributed by atoms with Crippen LogP contribution in [0.5, 0.6) is 0 Å². The Morgan fingerprint density at radius 2 is 0.950 bits per heavy atom. The third-order valence-corrected chi connectivity index (χ3v) is 11.8. The normalized spacial score (nSPS) is 14.6. The number of rotatable bonds is 17. The molecule has 0 aliphatic carbocycles. The molecule has 0 unspecified atom stereocenters. The molecule has 2 heterocycles. The number of aliphatic hydroxyl groups excluding tert-OH is 1. The van der Waals surface area contributed by atoms with Crippen LogP contribution in [0.2, 0.25) is 0 Å². The number of hydrogen-bond donors (Lipinski definition) is 5. The fraction of sp³-hybridized carbons (Fsp3) is 0.387. The summed E-state index contributed by atoms with van der Waals surface area (Å²) in [6, 6.07) is 27.9. The molecule has 2 aliphatic heterocycles. The second-order valence-corrected chi connectivity index (χ2v) is 20.6. The van der Waals surface area contributed by atoms with Crippen molar-refractivity contribution in [2.24, 2.45) is 0 Å². The van der Waals surface area contributed by atoms with Crippen LogP contribution in [0.4, 0.5) is 9.59 Å². The predicted octanol–water partition coefficient (Wildman–Crippen LogP) is 6.15. The lowest BCUT2D eigenvalue weighted by Crippen LogP contribution is -2.50. The molecule has 2 atom stereocenters. The van der Waals surface area contributed by atoms with E-state index in [9.17, 15) is 33.9 Å². The zero-order valence-corrected chi connectivity index (χ0v) is 46.7. The maximum absolute atomic E-state index is 12.7. The number of carbonyl (C=O) groups excluding carboxylic acids is 6. The Balaban J connectivity index is 0.000000294. The van der Waals surface area contributed by atoms with E-state index in [2.05, 4.69) is 79.0 Å². The Hall–Kier alpha value is -8.10. The lowest BCUT2D eigenvalue weighted by atomic mass is 10.1. The van der Waals surface area contributed by atoms with Gasteiger partial charge in [-0.1, -0.05) is 72.2 Å². The minimum absolute atomic E-state index is 0.177. The van der Waals surface area contributed by atoms with E-state index >= 15 is 0 Å². The molecule has 0 saturated carbocycles. The van der Waals surface area contributed by atoms with Gasteiger partial charge in [0.1, 0.15) is 29.9 Å². The second kappa shape index (κ2) is 32.1. The third kappa shape index (κ3) is 23.9. The molecule has 18 nitrogen and oxygen atoms in total. The topological polar surface area (TPSA) is 223 Å². The van der Waals surface area contributed by atoms with Crippen molar-refractivity contribution in [3.05, 3.63) is 154 Å². The molecule has 5 N–H and O–H groups in total. The highest BCUT2D eigenvalue weighted by Gasteiger charge is 2.26. The van der Waals surface area contributed by atoms with Crippen LogP contribution in [-0.2, 0) is 46.4 Å². The number of nitrogens with one attached hydrogen (secondary N) is 4. The second-order valence-electron chi connectivity index (χ2n) is 20.6.